The smallest absolute Gasteiger partial charge is 0.416 e. The summed E-state index contributed by atoms with van der Waals surface area (Å²) < 4.78 is 87.4. The average molecular weight is 693 g/mol. The Morgan fingerprint density at radius 1 is 1.00 bits per heavy atom. The Bertz CT molecular complexity index is 1730. The highest BCUT2D eigenvalue weighted by Crippen LogP contribution is 2.50. The van der Waals surface area contributed by atoms with E-state index in [0.717, 1.165) is 0 Å². The third-order valence-electron chi connectivity index (χ3n) is 9.04. The van der Waals surface area contributed by atoms with Gasteiger partial charge in [-0.2, -0.15) is 26.3 Å². The molecule has 8 nitrogen and oxygen atoms in total. The van der Waals surface area contributed by atoms with Gasteiger partial charge in [-0.1, -0.05) is 25.5 Å². The van der Waals surface area contributed by atoms with Crippen LogP contribution in [0, 0.1) is 23.7 Å². The summed E-state index contributed by atoms with van der Waals surface area (Å²) >= 11 is 0. The fourth-order valence-electron chi connectivity index (χ4n) is 6.77. The molecule has 2 amide bonds. The maximum Gasteiger partial charge on any atom is 0.416 e. The molecule has 2 aliphatic rings. The molecule has 262 valence electrons. The quantitative estimate of drug-likeness (QED) is 0.123. The predicted molar refractivity (Wildman–Crippen MR) is 165 cm³/mol. The number of carbonyl (C=O) groups is 2. The first-order chi connectivity index (χ1) is 23.0. The van der Waals surface area contributed by atoms with Crippen molar-refractivity contribution in [3.8, 4) is 0 Å². The largest absolute Gasteiger partial charge is 0.459 e. The van der Waals surface area contributed by atoms with Crippen molar-refractivity contribution in [2.75, 3.05) is 11.5 Å². The summed E-state index contributed by atoms with van der Waals surface area (Å²) in [4.78, 5) is 32.3. The zero-order chi connectivity index (χ0) is 35.8. The van der Waals surface area contributed by atoms with Crippen molar-refractivity contribution in [3.05, 3.63) is 94.2 Å². The lowest BCUT2D eigenvalue weighted by molar-refractivity contribution is -0.143. The van der Waals surface area contributed by atoms with Gasteiger partial charge in [0.2, 0.25) is 11.8 Å². The molecule has 0 radical (unpaired) electrons. The van der Waals surface area contributed by atoms with Gasteiger partial charge in [0.15, 0.2) is 0 Å². The highest BCUT2D eigenvalue weighted by molar-refractivity contribution is 6.22. The van der Waals surface area contributed by atoms with Crippen molar-refractivity contribution >= 4 is 29.2 Å². The summed E-state index contributed by atoms with van der Waals surface area (Å²) in [5, 5.41) is 31.7. The number of benzene rings is 1. The Morgan fingerprint density at radius 2 is 1.67 bits per heavy atom. The molecule has 4 atom stereocenters. The topological polar surface area (TPSA) is 124 Å². The maximum absolute atomic E-state index is 13.8. The Morgan fingerprint density at radius 3 is 2.20 bits per heavy atom. The number of imide groups is 1. The molecular weight excluding hydrogens is 658 g/mol. The van der Waals surface area contributed by atoms with E-state index in [1.54, 1.807) is 56.5 Å². The molecule has 0 spiro atoms. The van der Waals surface area contributed by atoms with Gasteiger partial charge in [0.25, 0.3) is 0 Å². The number of hydrogen-bond acceptors (Lipinski definition) is 7. The lowest BCUT2D eigenvalue weighted by Crippen LogP contribution is -2.40. The van der Waals surface area contributed by atoms with Gasteiger partial charge in [-0.15, -0.1) is 0 Å². The molecule has 1 saturated heterocycles. The van der Waals surface area contributed by atoms with E-state index in [4.69, 9.17) is 4.42 Å². The minimum atomic E-state index is -5.20. The second-order valence-corrected chi connectivity index (χ2v) is 12.4. The number of aliphatic hydroxyl groups is 3. The molecule has 1 fully saturated rings. The highest BCUT2D eigenvalue weighted by Gasteiger charge is 2.56. The van der Waals surface area contributed by atoms with Crippen LogP contribution in [0.3, 0.4) is 0 Å². The van der Waals surface area contributed by atoms with E-state index in [-0.39, 0.29) is 37.9 Å². The van der Waals surface area contributed by atoms with Crippen LogP contribution in [0.25, 0.3) is 11.6 Å². The number of pyridine rings is 1. The van der Waals surface area contributed by atoms with Gasteiger partial charge >= 0.3 is 12.4 Å². The van der Waals surface area contributed by atoms with Gasteiger partial charge in [0.1, 0.15) is 18.1 Å². The number of fused-ring (bicyclic) bond motifs is 1. The number of alkyl halides is 6. The minimum absolute atomic E-state index is 0.0594. The zero-order valence-corrected chi connectivity index (χ0v) is 26.4. The van der Waals surface area contributed by atoms with Crippen LogP contribution in [-0.2, 0) is 28.5 Å². The van der Waals surface area contributed by atoms with Crippen LogP contribution in [-0.4, -0.2) is 44.8 Å². The van der Waals surface area contributed by atoms with Crippen LogP contribution in [0.5, 0.6) is 0 Å². The Labute approximate surface area is 277 Å². The summed E-state index contributed by atoms with van der Waals surface area (Å²) in [6.07, 6.45) is -8.18. The lowest BCUT2D eigenvalue weighted by atomic mass is 9.66. The van der Waals surface area contributed by atoms with Gasteiger partial charge < -0.3 is 19.7 Å². The summed E-state index contributed by atoms with van der Waals surface area (Å²) in [6, 6.07) is 9.08. The Hall–Kier alpha value is -4.27. The summed E-state index contributed by atoms with van der Waals surface area (Å²) in [5.41, 5.74) is -2.12. The van der Waals surface area contributed by atoms with Crippen LogP contribution in [0.15, 0.2) is 70.3 Å². The number of rotatable bonds is 10. The Balaban J connectivity index is 1.49. The number of amides is 2. The van der Waals surface area contributed by atoms with E-state index in [1.807, 2.05) is 0 Å². The molecule has 0 bridgehead atoms. The third kappa shape index (κ3) is 7.36. The first kappa shape index (κ1) is 36.0. The van der Waals surface area contributed by atoms with Crippen molar-refractivity contribution in [2.24, 2.45) is 23.7 Å². The van der Waals surface area contributed by atoms with E-state index in [2.05, 4.69) is 4.98 Å². The molecular formula is C35H34F6N2O6. The van der Waals surface area contributed by atoms with E-state index in [9.17, 15) is 51.3 Å². The Kier molecular flexibility index (Phi) is 10.2. The van der Waals surface area contributed by atoms with Crippen LogP contribution in [0.2, 0.25) is 0 Å². The van der Waals surface area contributed by atoms with Gasteiger partial charge in [0, 0.05) is 12.1 Å². The van der Waals surface area contributed by atoms with Gasteiger partial charge in [0.05, 0.1) is 47.1 Å². The summed E-state index contributed by atoms with van der Waals surface area (Å²) in [6.45, 7) is 2.55. The summed E-state index contributed by atoms with van der Waals surface area (Å²) in [7, 11) is 0. The average Bonchev–Trinajstić information content (AvgIpc) is 3.62. The molecule has 3 N–H and O–H groups in total. The molecule has 2 aromatic heterocycles. The minimum Gasteiger partial charge on any atom is -0.459 e. The lowest BCUT2D eigenvalue weighted by Gasteiger charge is -2.38. The molecule has 1 aliphatic carbocycles. The highest BCUT2D eigenvalue weighted by atomic mass is 19.4. The molecule has 3 heterocycles. The van der Waals surface area contributed by atoms with Crippen LogP contribution in [0.1, 0.15) is 61.5 Å². The monoisotopic (exact) mass is 692 g/mol. The number of aromatic nitrogens is 1. The summed E-state index contributed by atoms with van der Waals surface area (Å²) in [5.74, 6) is -5.22. The molecule has 5 rings (SSSR count). The SMILES string of the molecule is CC(C)C1=C([C@H](O)CC/C(=C/c2ccc(CO)o2)c2ccccn2)[C@H](CO)[C@@H]2C(=O)N(c3cc(C(F)(F)F)cc(C(F)(F)F)c3)C(=O)[C@@H]2C1. The van der Waals surface area contributed by atoms with Crippen LogP contribution >= 0.6 is 0 Å². The van der Waals surface area contributed by atoms with Crippen molar-refractivity contribution in [1.82, 2.24) is 4.98 Å². The van der Waals surface area contributed by atoms with Gasteiger partial charge in [-0.05, 0) is 84.9 Å². The molecule has 3 aromatic rings. The van der Waals surface area contributed by atoms with Gasteiger partial charge in [-0.3, -0.25) is 14.6 Å². The number of halogens is 6. The van der Waals surface area contributed by atoms with Crippen molar-refractivity contribution in [3.63, 3.8) is 0 Å². The van der Waals surface area contributed by atoms with E-state index in [0.29, 0.717) is 51.0 Å². The first-order valence-corrected chi connectivity index (χ1v) is 15.6. The molecule has 1 aliphatic heterocycles. The van der Waals surface area contributed by atoms with Crippen LogP contribution < -0.4 is 4.90 Å². The standard InChI is InChI=1S/C35H34F6N2O6/c1-18(2)25-15-26-31(33(48)43(32(26)47)22-13-20(34(36,37)38)12-21(14-22)35(39,40)41)27(17-45)30(25)29(46)9-6-19(28-5-3-4-10-42-28)11-23-7-8-24(16-44)49-23/h3-5,7-8,10-14,18,26-27,29,31,44-46H,6,9,15-17H2,1-2H3/b19-11-/t26-,27+,29-,31-/m1/s1. The normalized spacial score (nSPS) is 21.2. The second kappa shape index (κ2) is 13.9. The molecule has 0 unspecified atom stereocenters. The number of nitrogens with zero attached hydrogens (tertiary/aromatic N) is 2. The molecule has 1 aromatic carbocycles. The molecule has 49 heavy (non-hydrogen) atoms. The van der Waals surface area contributed by atoms with E-state index in [1.165, 1.54) is 0 Å². The van der Waals surface area contributed by atoms with Gasteiger partial charge in [-0.25, -0.2) is 4.90 Å². The number of aliphatic hydroxyl groups excluding tert-OH is 3. The number of carbonyl (C=O) groups excluding carboxylic acids is 2. The van der Waals surface area contributed by atoms with Crippen molar-refractivity contribution in [1.29, 1.82) is 0 Å². The fourth-order valence-corrected chi connectivity index (χ4v) is 6.77. The van der Waals surface area contributed by atoms with E-state index >= 15 is 0 Å². The first-order valence-electron chi connectivity index (χ1n) is 15.6. The number of allylic oxidation sites excluding steroid dienone is 2. The zero-order valence-electron chi connectivity index (χ0n) is 26.4. The van der Waals surface area contributed by atoms with Crippen molar-refractivity contribution in [2.45, 2.75) is 58.2 Å². The molecule has 14 heteroatoms. The fraction of sp³-hybridized carbons (Fsp3) is 0.400. The maximum atomic E-state index is 13.8. The number of anilines is 1. The molecule has 0 saturated carbocycles. The van der Waals surface area contributed by atoms with E-state index < -0.39 is 71.4 Å². The predicted octanol–water partition coefficient (Wildman–Crippen LogP) is 6.66. The second-order valence-electron chi connectivity index (χ2n) is 12.4. The van der Waals surface area contributed by atoms with Crippen molar-refractivity contribution < 1.29 is 55.7 Å². The third-order valence-corrected chi connectivity index (χ3v) is 9.04. The van der Waals surface area contributed by atoms with Crippen LogP contribution in [0.4, 0.5) is 32.0 Å². The number of furan rings is 1. The number of hydrogen-bond donors (Lipinski definition) is 3.